The van der Waals surface area contributed by atoms with Gasteiger partial charge in [0.25, 0.3) is 0 Å². The van der Waals surface area contributed by atoms with Gasteiger partial charge in [-0.05, 0) is 18.4 Å². The fourth-order valence-electron chi connectivity index (χ4n) is 1.91. The Labute approximate surface area is 109 Å². The Morgan fingerprint density at radius 2 is 1.94 bits per heavy atom. The standard InChI is InChI=1S/C13H25N3S/c1-6-16-11(14)10(8-9-17-7-2)15-12(16)13(3,4)5/h6-9,14H2,1-5H3. The largest absolute Gasteiger partial charge is 0.384 e. The second-order valence-electron chi connectivity index (χ2n) is 5.21. The number of rotatable bonds is 5. The van der Waals surface area contributed by atoms with E-state index in [-0.39, 0.29) is 5.41 Å². The first-order valence-corrected chi connectivity index (χ1v) is 7.50. The summed E-state index contributed by atoms with van der Waals surface area (Å²) in [5.74, 6) is 4.22. The van der Waals surface area contributed by atoms with E-state index in [9.17, 15) is 0 Å². The number of imidazole rings is 1. The van der Waals surface area contributed by atoms with Crippen LogP contribution in [0.4, 0.5) is 5.82 Å². The third kappa shape index (κ3) is 3.41. The molecule has 98 valence electrons. The second-order valence-corrected chi connectivity index (χ2v) is 6.60. The zero-order chi connectivity index (χ0) is 13.1. The Morgan fingerprint density at radius 3 is 2.35 bits per heavy atom. The molecule has 0 aliphatic rings. The van der Waals surface area contributed by atoms with Crippen LogP contribution in [-0.2, 0) is 18.4 Å². The van der Waals surface area contributed by atoms with Crippen LogP contribution in [0.3, 0.4) is 0 Å². The number of hydrogen-bond donors (Lipinski definition) is 1. The van der Waals surface area contributed by atoms with Crippen LogP contribution in [0.2, 0.25) is 0 Å². The van der Waals surface area contributed by atoms with Crippen molar-refractivity contribution >= 4 is 17.6 Å². The van der Waals surface area contributed by atoms with E-state index < -0.39 is 0 Å². The lowest BCUT2D eigenvalue weighted by Crippen LogP contribution is -2.19. The molecule has 2 N–H and O–H groups in total. The van der Waals surface area contributed by atoms with Gasteiger partial charge in [0.1, 0.15) is 11.6 Å². The predicted molar refractivity (Wildman–Crippen MR) is 77.7 cm³/mol. The topological polar surface area (TPSA) is 43.8 Å². The van der Waals surface area contributed by atoms with Crippen molar-refractivity contribution in [3.05, 3.63) is 11.5 Å². The molecule has 0 aliphatic carbocycles. The summed E-state index contributed by atoms with van der Waals surface area (Å²) in [5.41, 5.74) is 7.31. The van der Waals surface area contributed by atoms with Crippen LogP contribution in [0.15, 0.2) is 0 Å². The number of aryl methyl sites for hydroxylation is 1. The SMILES string of the molecule is CCSCCc1nc(C(C)(C)C)n(CC)c1N. The van der Waals surface area contributed by atoms with Crippen molar-refractivity contribution in [2.45, 2.75) is 53.0 Å². The van der Waals surface area contributed by atoms with E-state index in [0.717, 1.165) is 41.8 Å². The van der Waals surface area contributed by atoms with Crippen molar-refractivity contribution in [1.29, 1.82) is 0 Å². The molecule has 0 spiro atoms. The smallest absolute Gasteiger partial charge is 0.126 e. The highest BCUT2D eigenvalue weighted by Crippen LogP contribution is 2.26. The summed E-state index contributed by atoms with van der Waals surface area (Å²) in [6.45, 7) is 11.8. The molecule has 0 aromatic carbocycles. The van der Waals surface area contributed by atoms with Gasteiger partial charge in [-0.1, -0.05) is 27.7 Å². The van der Waals surface area contributed by atoms with Gasteiger partial charge < -0.3 is 10.3 Å². The lowest BCUT2D eigenvalue weighted by Gasteiger charge is -2.19. The monoisotopic (exact) mass is 255 g/mol. The molecule has 0 bridgehead atoms. The summed E-state index contributed by atoms with van der Waals surface area (Å²) >= 11 is 1.94. The van der Waals surface area contributed by atoms with Crippen LogP contribution in [0.5, 0.6) is 0 Å². The molecule has 0 saturated carbocycles. The van der Waals surface area contributed by atoms with Gasteiger partial charge in [0.05, 0.1) is 5.69 Å². The van der Waals surface area contributed by atoms with Crippen LogP contribution < -0.4 is 5.73 Å². The predicted octanol–water partition coefficient (Wildman–Crippen LogP) is 3.08. The van der Waals surface area contributed by atoms with Crippen LogP contribution in [0.25, 0.3) is 0 Å². The first kappa shape index (κ1) is 14.4. The average molecular weight is 255 g/mol. The van der Waals surface area contributed by atoms with E-state index >= 15 is 0 Å². The first-order chi connectivity index (χ1) is 7.91. The molecule has 0 unspecified atom stereocenters. The summed E-state index contributed by atoms with van der Waals surface area (Å²) in [5, 5.41) is 0. The third-order valence-electron chi connectivity index (χ3n) is 2.76. The number of nitrogens with two attached hydrogens (primary N) is 1. The maximum absolute atomic E-state index is 6.18. The maximum atomic E-state index is 6.18. The lowest BCUT2D eigenvalue weighted by atomic mass is 9.96. The minimum Gasteiger partial charge on any atom is -0.384 e. The lowest BCUT2D eigenvalue weighted by molar-refractivity contribution is 0.508. The van der Waals surface area contributed by atoms with Crippen LogP contribution in [-0.4, -0.2) is 21.1 Å². The highest BCUT2D eigenvalue weighted by Gasteiger charge is 2.23. The van der Waals surface area contributed by atoms with Gasteiger partial charge in [-0.25, -0.2) is 4.98 Å². The summed E-state index contributed by atoms with van der Waals surface area (Å²) in [4.78, 5) is 4.75. The molecule has 1 aromatic rings. The van der Waals surface area contributed by atoms with E-state index in [4.69, 9.17) is 10.7 Å². The molecule has 0 atom stereocenters. The minimum atomic E-state index is 0.0558. The number of anilines is 1. The van der Waals surface area contributed by atoms with Crippen molar-refractivity contribution in [3.8, 4) is 0 Å². The molecule has 0 saturated heterocycles. The maximum Gasteiger partial charge on any atom is 0.126 e. The molecule has 4 heteroatoms. The van der Waals surface area contributed by atoms with Gasteiger partial charge in [0.2, 0.25) is 0 Å². The minimum absolute atomic E-state index is 0.0558. The molecule has 1 aromatic heterocycles. The molecule has 0 fully saturated rings. The second kappa shape index (κ2) is 5.80. The number of aromatic nitrogens is 2. The zero-order valence-electron chi connectivity index (χ0n) is 11.7. The number of hydrogen-bond acceptors (Lipinski definition) is 3. The Hall–Kier alpha value is -0.640. The highest BCUT2D eigenvalue weighted by molar-refractivity contribution is 7.99. The Bertz CT molecular complexity index is 363. The number of nitrogens with zero attached hydrogens (tertiary/aromatic N) is 2. The Morgan fingerprint density at radius 1 is 1.29 bits per heavy atom. The molecule has 0 aliphatic heterocycles. The van der Waals surface area contributed by atoms with Crippen molar-refractivity contribution in [3.63, 3.8) is 0 Å². The van der Waals surface area contributed by atoms with Crippen molar-refractivity contribution in [2.24, 2.45) is 0 Å². The van der Waals surface area contributed by atoms with Crippen molar-refractivity contribution in [2.75, 3.05) is 17.2 Å². The normalized spacial score (nSPS) is 12.1. The zero-order valence-corrected chi connectivity index (χ0v) is 12.5. The number of thioether (sulfide) groups is 1. The van der Waals surface area contributed by atoms with E-state index in [1.807, 2.05) is 11.8 Å². The Balaban J connectivity index is 2.97. The van der Waals surface area contributed by atoms with Crippen LogP contribution in [0, 0.1) is 0 Å². The number of nitrogen functional groups attached to an aromatic ring is 1. The summed E-state index contributed by atoms with van der Waals surface area (Å²) in [6, 6.07) is 0. The third-order valence-corrected chi connectivity index (χ3v) is 3.66. The van der Waals surface area contributed by atoms with E-state index in [1.54, 1.807) is 0 Å². The summed E-state index contributed by atoms with van der Waals surface area (Å²) in [6.07, 6.45) is 0.973. The van der Waals surface area contributed by atoms with Crippen LogP contribution in [0.1, 0.15) is 46.1 Å². The van der Waals surface area contributed by atoms with Gasteiger partial charge in [-0.3, -0.25) is 0 Å². The Kier molecular flexibility index (Phi) is 4.92. The average Bonchev–Trinajstić information content (AvgIpc) is 2.56. The van der Waals surface area contributed by atoms with E-state index in [0.29, 0.717) is 0 Å². The first-order valence-electron chi connectivity index (χ1n) is 6.34. The summed E-state index contributed by atoms with van der Waals surface area (Å²) < 4.78 is 2.14. The van der Waals surface area contributed by atoms with Gasteiger partial charge >= 0.3 is 0 Å². The van der Waals surface area contributed by atoms with Gasteiger partial charge in [0, 0.05) is 18.4 Å². The fraction of sp³-hybridized carbons (Fsp3) is 0.769. The molecular weight excluding hydrogens is 230 g/mol. The molecule has 1 heterocycles. The molecule has 3 nitrogen and oxygen atoms in total. The van der Waals surface area contributed by atoms with Gasteiger partial charge in [-0.15, -0.1) is 0 Å². The quantitative estimate of drug-likeness (QED) is 0.822. The molecule has 17 heavy (non-hydrogen) atoms. The van der Waals surface area contributed by atoms with Gasteiger partial charge in [-0.2, -0.15) is 11.8 Å². The molecule has 0 radical (unpaired) electrons. The van der Waals surface area contributed by atoms with E-state index in [1.165, 1.54) is 0 Å². The summed E-state index contributed by atoms with van der Waals surface area (Å²) in [7, 11) is 0. The molecular formula is C13H25N3S. The molecule has 1 rings (SSSR count). The van der Waals surface area contributed by atoms with E-state index in [2.05, 4.69) is 39.2 Å². The van der Waals surface area contributed by atoms with Crippen LogP contribution >= 0.6 is 11.8 Å². The van der Waals surface area contributed by atoms with Crippen molar-refractivity contribution in [1.82, 2.24) is 9.55 Å². The fourth-order valence-corrected chi connectivity index (χ4v) is 2.53. The molecule has 0 amide bonds. The highest BCUT2D eigenvalue weighted by atomic mass is 32.2. The van der Waals surface area contributed by atoms with Crippen molar-refractivity contribution < 1.29 is 0 Å². The van der Waals surface area contributed by atoms with Gasteiger partial charge in [0.15, 0.2) is 0 Å².